The van der Waals surface area contributed by atoms with Crippen molar-refractivity contribution in [3.05, 3.63) is 39.5 Å². The fourth-order valence-corrected chi connectivity index (χ4v) is 7.23. The average molecular weight is 526 g/mol. The molecule has 0 aromatic carbocycles. The lowest BCUT2D eigenvalue weighted by atomic mass is 10.2. The average Bonchev–Trinajstić information content (AvgIpc) is 3.58. The van der Waals surface area contributed by atoms with Gasteiger partial charge in [-0.05, 0) is 64.8 Å². The fraction of sp³-hybridized carbons (Fsp3) is 0.593. The molecule has 2 aliphatic rings. The van der Waals surface area contributed by atoms with Gasteiger partial charge in [0, 0.05) is 48.5 Å². The zero-order chi connectivity index (χ0) is 25.1. The van der Waals surface area contributed by atoms with E-state index in [2.05, 4.69) is 53.8 Å². The standard InChI is InChI=1S/C27H39N7S2/c1-5-8-32-10-12-33(13-11-32)25-17-28-22(15-29-25)16-30-27-31-26(23-14-19(2)21(4)35-23)24(36-27)18-34-9-6-7-20(34)3/h14-15,17,20H,5-13,16,18H2,1-4H3,(H,30,31)/t20-/m1/s1. The van der Waals surface area contributed by atoms with Crippen molar-refractivity contribution in [1.82, 2.24) is 24.8 Å². The van der Waals surface area contributed by atoms with E-state index in [0.29, 0.717) is 12.6 Å². The molecule has 0 saturated carbocycles. The molecular formula is C27H39N7S2. The number of hydrogen-bond acceptors (Lipinski definition) is 9. The number of rotatable bonds is 9. The first-order chi connectivity index (χ1) is 17.5. The fourth-order valence-electron chi connectivity index (χ4n) is 5.11. The van der Waals surface area contributed by atoms with Crippen LogP contribution in [-0.4, -0.2) is 70.1 Å². The minimum Gasteiger partial charge on any atom is -0.356 e. The van der Waals surface area contributed by atoms with E-state index >= 15 is 0 Å². The van der Waals surface area contributed by atoms with Gasteiger partial charge in [-0.2, -0.15) is 0 Å². The summed E-state index contributed by atoms with van der Waals surface area (Å²) in [7, 11) is 0. The van der Waals surface area contributed by atoms with Gasteiger partial charge in [0.05, 0.1) is 35.2 Å². The summed E-state index contributed by atoms with van der Waals surface area (Å²) < 4.78 is 0. The topological polar surface area (TPSA) is 60.4 Å². The number of anilines is 2. The third-order valence-corrected chi connectivity index (χ3v) is 9.64. The minimum atomic E-state index is 0.632. The number of thiophene rings is 1. The maximum atomic E-state index is 5.06. The number of likely N-dealkylation sites (tertiary alicyclic amines) is 1. The number of nitrogens with zero attached hydrogens (tertiary/aromatic N) is 6. The smallest absolute Gasteiger partial charge is 0.183 e. The van der Waals surface area contributed by atoms with Gasteiger partial charge in [-0.3, -0.25) is 14.8 Å². The zero-order valence-corrected chi connectivity index (χ0v) is 23.7. The first-order valence-corrected chi connectivity index (χ1v) is 15.0. The van der Waals surface area contributed by atoms with Gasteiger partial charge in [0.2, 0.25) is 0 Å². The van der Waals surface area contributed by atoms with Gasteiger partial charge >= 0.3 is 0 Å². The highest BCUT2D eigenvalue weighted by Gasteiger charge is 2.24. The molecule has 1 atom stereocenters. The van der Waals surface area contributed by atoms with Gasteiger partial charge in [-0.25, -0.2) is 9.97 Å². The second kappa shape index (κ2) is 11.5. The van der Waals surface area contributed by atoms with E-state index in [4.69, 9.17) is 15.0 Å². The van der Waals surface area contributed by atoms with Gasteiger partial charge in [-0.1, -0.05) is 6.92 Å². The molecule has 0 spiro atoms. The Bertz CT molecular complexity index is 1110. The highest BCUT2D eigenvalue weighted by Crippen LogP contribution is 2.38. The Hall–Kier alpha value is -2.07. The minimum absolute atomic E-state index is 0.632. The van der Waals surface area contributed by atoms with Crippen LogP contribution in [0.25, 0.3) is 10.6 Å². The Morgan fingerprint density at radius 1 is 1.06 bits per heavy atom. The molecule has 2 aliphatic heterocycles. The van der Waals surface area contributed by atoms with Crippen molar-refractivity contribution in [1.29, 1.82) is 0 Å². The molecule has 5 heterocycles. The maximum absolute atomic E-state index is 5.06. The molecule has 2 fully saturated rings. The van der Waals surface area contributed by atoms with Gasteiger partial charge in [0.15, 0.2) is 5.13 Å². The molecule has 0 amide bonds. The summed E-state index contributed by atoms with van der Waals surface area (Å²) in [4.78, 5) is 26.0. The van der Waals surface area contributed by atoms with E-state index in [1.807, 2.05) is 23.7 Å². The van der Waals surface area contributed by atoms with Crippen molar-refractivity contribution in [2.45, 2.75) is 66.1 Å². The number of piperazine rings is 1. The SMILES string of the molecule is CCCN1CCN(c2cnc(CNc3nc(-c4cc(C)c(C)s4)c(CN4CCC[C@H]4C)s3)cn2)CC1. The Morgan fingerprint density at radius 2 is 1.89 bits per heavy atom. The van der Waals surface area contributed by atoms with E-state index in [-0.39, 0.29) is 0 Å². The van der Waals surface area contributed by atoms with Crippen LogP contribution in [0.4, 0.5) is 10.9 Å². The molecule has 3 aromatic rings. The number of thiazole rings is 1. The van der Waals surface area contributed by atoms with Crippen LogP contribution in [0.15, 0.2) is 18.5 Å². The molecule has 0 radical (unpaired) electrons. The van der Waals surface area contributed by atoms with Crippen molar-refractivity contribution in [2.24, 2.45) is 0 Å². The van der Waals surface area contributed by atoms with Gasteiger partial charge in [0.1, 0.15) is 5.82 Å². The largest absolute Gasteiger partial charge is 0.356 e. The summed E-state index contributed by atoms with van der Waals surface area (Å²) in [5, 5.41) is 4.50. The molecule has 1 N–H and O–H groups in total. The molecule has 3 aromatic heterocycles. The number of aryl methyl sites for hydroxylation is 2. The summed E-state index contributed by atoms with van der Waals surface area (Å²) in [5.74, 6) is 0.983. The number of nitrogens with one attached hydrogen (secondary N) is 1. The maximum Gasteiger partial charge on any atom is 0.183 e. The van der Waals surface area contributed by atoms with Crippen LogP contribution in [0.3, 0.4) is 0 Å². The summed E-state index contributed by atoms with van der Waals surface area (Å²) in [6.45, 7) is 17.2. The molecule has 9 heteroatoms. The van der Waals surface area contributed by atoms with Crippen molar-refractivity contribution in [3.8, 4) is 10.6 Å². The van der Waals surface area contributed by atoms with Gasteiger partial charge in [-0.15, -0.1) is 22.7 Å². The molecule has 7 nitrogen and oxygen atoms in total. The molecule has 0 unspecified atom stereocenters. The van der Waals surface area contributed by atoms with E-state index in [9.17, 15) is 0 Å². The normalized spacial score (nSPS) is 19.3. The first-order valence-electron chi connectivity index (χ1n) is 13.3. The third kappa shape index (κ3) is 5.90. The second-order valence-electron chi connectivity index (χ2n) is 10.2. The Balaban J connectivity index is 1.25. The summed E-state index contributed by atoms with van der Waals surface area (Å²) >= 11 is 3.64. The zero-order valence-electron chi connectivity index (χ0n) is 22.1. The Morgan fingerprint density at radius 3 is 2.53 bits per heavy atom. The van der Waals surface area contributed by atoms with Gasteiger partial charge in [0.25, 0.3) is 0 Å². The quantitative estimate of drug-likeness (QED) is 0.401. The van der Waals surface area contributed by atoms with Crippen LogP contribution in [0.5, 0.6) is 0 Å². The lowest BCUT2D eigenvalue weighted by Gasteiger charge is -2.35. The molecular weight excluding hydrogens is 486 g/mol. The van der Waals surface area contributed by atoms with E-state index < -0.39 is 0 Å². The van der Waals surface area contributed by atoms with Gasteiger partial charge < -0.3 is 10.2 Å². The molecule has 2 saturated heterocycles. The molecule has 194 valence electrons. The molecule has 5 rings (SSSR count). The predicted molar refractivity (Wildman–Crippen MR) is 152 cm³/mol. The van der Waals surface area contributed by atoms with Crippen molar-refractivity contribution < 1.29 is 0 Å². The van der Waals surface area contributed by atoms with Crippen LogP contribution >= 0.6 is 22.7 Å². The van der Waals surface area contributed by atoms with Crippen LogP contribution in [0.2, 0.25) is 0 Å². The third-order valence-electron chi connectivity index (χ3n) is 7.48. The molecule has 36 heavy (non-hydrogen) atoms. The lowest BCUT2D eigenvalue weighted by Crippen LogP contribution is -2.46. The highest BCUT2D eigenvalue weighted by molar-refractivity contribution is 7.18. The lowest BCUT2D eigenvalue weighted by molar-refractivity contribution is 0.258. The monoisotopic (exact) mass is 525 g/mol. The van der Waals surface area contributed by atoms with Crippen molar-refractivity contribution in [2.75, 3.05) is 49.5 Å². The van der Waals surface area contributed by atoms with E-state index in [0.717, 1.165) is 55.1 Å². The van der Waals surface area contributed by atoms with Crippen molar-refractivity contribution >= 4 is 33.6 Å². The van der Waals surface area contributed by atoms with Crippen LogP contribution in [-0.2, 0) is 13.1 Å². The number of hydrogen-bond donors (Lipinski definition) is 1. The number of aromatic nitrogens is 3. The van der Waals surface area contributed by atoms with Crippen LogP contribution < -0.4 is 10.2 Å². The molecule has 0 bridgehead atoms. The van der Waals surface area contributed by atoms with E-state index in [1.165, 1.54) is 52.5 Å². The first kappa shape index (κ1) is 25.6. The molecule has 0 aliphatic carbocycles. The second-order valence-corrected chi connectivity index (χ2v) is 12.5. The van der Waals surface area contributed by atoms with Crippen LogP contribution in [0, 0.1) is 13.8 Å². The van der Waals surface area contributed by atoms with E-state index in [1.54, 1.807) is 11.3 Å². The predicted octanol–water partition coefficient (Wildman–Crippen LogP) is 5.41. The van der Waals surface area contributed by atoms with Crippen molar-refractivity contribution in [3.63, 3.8) is 0 Å². The Kier molecular flexibility index (Phi) is 8.20. The summed E-state index contributed by atoms with van der Waals surface area (Å²) in [5.41, 5.74) is 3.43. The Labute approximate surface area is 223 Å². The summed E-state index contributed by atoms with van der Waals surface area (Å²) in [6, 6.07) is 2.94. The summed E-state index contributed by atoms with van der Waals surface area (Å²) in [6.07, 6.45) is 7.64. The van der Waals surface area contributed by atoms with Crippen LogP contribution in [0.1, 0.15) is 54.1 Å². The highest BCUT2D eigenvalue weighted by atomic mass is 32.1.